The maximum Gasteiger partial charge on any atom is 0.0491 e. The van der Waals surface area contributed by atoms with Gasteiger partial charge in [-0.3, -0.25) is 0 Å². The van der Waals surface area contributed by atoms with Gasteiger partial charge in [0.15, 0.2) is 0 Å². The molecule has 2 heteroatoms. The van der Waals surface area contributed by atoms with Crippen molar-refractivity contribution in [3.8, 4) is 0 Å². The largest absolute Gasteiger partial charge is 0.358 e. The molecule has 96 valence electrons. The van der Waals surface area contributed by atoms with Gasteiger partial charge in [0, 0.05) is 16.6 Å². The highest BCUT2D eigenvalue weighted by Gasteiger charge is 2.19. The molecule has 2 nitrogen and oxygen atoms in total. The van der Waals surface area contributed by atoms with Crippen LogP contribution in [0, 0.1) is 26.7 Å². The molecule has 0 bridgehead atoms. The molecule has 0 spiro atoms. The van der Waals surface area contributed by atoms with Crippen LogP contribution in [-0.4, -0.2) is 18.1 Å². The second kappa shape index (κ2) is 4.43. The van der Waals surface area contributed by atoms with Gasteiger partial charge >= 0.3 is 0 Å². The highest BCUT2D eigenvalue weighted by molar-refractivity contribution is 5.90. The highest BCUT2D eigenvalue weighted by Crippen LogP contribution is 2.30. The van der Waals surface area contributed by atoms with Crippen LogP contribution in [0.3, 0.4) is 0 Å². The van der Waals surface area contributed by atoms with Crippen LogP contribution in [0.4, 0.5) is 0 Å². The third kappa shape index (κ3) is 1.85. The molecule has 2 heterocycles. The summed E-state index contributed by atoms with van der Waals surface area (Å²) in [6.07, 6.45) is 2.53. The van der Waals surface area contributed by atoms with Crippen molar-refractivity contribution in [2.45, 2.75) is 33.6 Å². The predicted octanol–water partition coefficient (Wildman–Crippen LogP) is 3.25. The van der Waals surface area contributed by atoms with Gasteiger partial charge in [-0.15, -0.1) is 0 Å². The molecule has 1 aliphatic heterocycles. The zero-order valence-electron chi connectivity index (χ0n) is 11.6. The number of H-pyrrole nitrogens is 1. The van der Waals surface area contributed by atoms with E-state index in [0.29, 0.717) is 0 Å². The smallest absolute Gasteiger partial charge is 0.0491 e. The number of rotatable bonds is 2. The first-order valence-corrected chi connectivity index (χ1v) is 6.95. The third-order valence-corrected chi connectivity index (χ3v) is 4.34. The van der Waals surface area contributed by atoms with Crippen LogP contribution in [0.1, 0.15) is 28.8 Å². The van der Waals surface area contributed by atoms with E-state index in [-0.39, 0.29) is 0 Å². The van der Waals surface area contributed by atoms with E-state index in [1.807, 2.05) is 0 Å². The minimum Gasteiger partial charge on any atom is -0.358 e. The zero-order chi connectivity index (χ0) is 12.7. The summed E-state index contributed by atoms with van der Waals surface area (Å²) < 4.78 is 0. The number of aryl methyl sites for hydroxylation is 3. The molecule has 2 N–H and O–H groups in total. The van der Waals surface area contributed by atoms with Gasteiger partial charge in [0.2, 0.25) is 0 Å². The highest BCUT2D eigenvalue weighted by atomic mass is 14.9. The van der Waals surface area contributed by atoms with Crippen LogP contribution in [0.25, 0.3) is 10.9 Å². The van der Waals surface area contributed by atoms with Gasteiger partial charge in [0.1, 0.15) is 0 Å². The third-order valence-electron chi connectivity index (χ3n) is 4.34. The molecule has 0 amide bonds. The number of fused-ring (bicyclic) bond motifs is 1. The first-order chi connectivity index (χ1) is 8.66. The van der Waals surface area contributed by atoms with E-state index in [4.69, 9.17) is 0 Å². The Bertz CT molecular complexity index is 574. The van der Waals surface area contributed by atoms with Crippen LogP contribution >= 0.6 is 0 Å². The summed E-state index contributed by atoms with van der Waals surface area (Å²) in [6.45, 7) is 9.00. The summed E-state index contributed by atoms with van der Waals surface area (Å²) in [5.41, 5.74) is 7.00. The average Bonchev–Trinajstić information content (AvgIpc) is 2.95. The fourth-order valence-electron chi connectivity index (χ4n) is 3.24. The Kier molecular flexibility index (Phi) is 2.90. The van der Waals surface area contributed by atoms with Crippen molar-refractivity contribution in [1.82, 2.24) is 10.3 Å². The van der Waals surface area contributed by atoms with Gasteiger partial charge in [0.05, 0.1) is 0 Å². The lowest BCUT2D eigenvalue weighted by Gasteiger charge is -2.10. The SMILES string of the molecule is Cc1[nH]c2c(C)ccc(C)c2c1CC1CCNC1. The Morgan fingerprint density at radius 2 is 1.94 bits per heavy atom. The van der Waals surface area contributed by atoms with Crippen molar-refractivity contribution in [1.29, 1.82) is 0 Å². The van der Waals surface area contributed by atoms with E-state index in [0.717, 1.165) is 5.92 Å². The normalized spacial score (nSPS) is 19.8. The molecule has 0 radical (unpaired) electrons. The maximum absolute atomic E-state index is 3.59. The number of hydrogen-bond acceptors (Lipinski definition) is 1. The molecule has 1 aromatic carbocycles. The fourth-order valence-corrected chi connectivity index (χ4v) is 3.24. The molecule has 2 aromatic rings. The van der Waals surface area contributed by atoms with Gasteiger partial charge in [-0.05, 0) is 69.3 Å². The number of aromatic amines is 1. The topological polar surface area (TPSA) is 27.8 Å². The predicted molar refractivity (Wildman–Crippen MR) is 77.2 cm³/mol. The van der Waals surface area contributed by atoms with E-state index in [1.54, 1.807) is 5.56 Å². The molecule has 18 heavy (non-hydrogen) atoms. The van der Waals surface area contributed by atoms with Gasteiger partial charge in [-0.1, -0.05) is 12.1 Å². The van der Waals surface area contributed by atoms with E-state index in [9.17, 15) is 0 Å². The Labute approximate surface area is 109 Å². The molecule has 0 saturated carbocycles. The molecule has 3 rings (SSSR count). The van der Waals surface area contributed by atoms with Crippen LogP contribution < -0.4 is 5.32 Å². The minimum absolute atomic E-state index is 0.808. The standard InChI is InChI=1S/C16H22N2/c1-10-4-5-11(2)16-15(10)14(12(3)18-16)8-13-6-7-17-9-13/h4-5,13,17-18H,6-9H2,1-3H3. The number of hydrogen-bond donors (Lipinski definition) is 2. The van der Waals surface area contributed by atoms with Crippen LogP contribution in [0.5, 0.6) is 0 Å². The monoisotopic (exact) mass is 242 g/mol. The van der Waals surface area contributed by atoms with Crippen LogP contribution in [-0.2, 0) is 6.42 Å². The lowest BCUT2D eigenvalue weighted by molar-refractivity contribution is 0.580. The van der Waals surface area contributed by atoms with Crippen molar-refractivity contribution < 1.29 is 0 Å². The van der Waals surface area contributed by atoms with Gasteiger partial charge < -0.3 is 10.3 Å². The van der Waals surface area contributed by atoms with Crippen molar-refractivity contribution >= 4 is 10.9 Å². The maximum atomic E-state index is 3.59. The van der Waals surface area contributed by atoms with E-state index < -0.39 is 0 Å². The lowest BCUT2D eigenvalue weighted by Crippen LogP contribution is -2.11. The Morgan fingerprint density at radius 3 is 2.67 bits per heavy atom. The van der Waals surface area contributed by atoms with E-state index in [1.165, 1.54) is 53.7 Å². The van der Waals surface area contributed by atoms with Gasteiger partial charge in [0.25, 0.3) is 0 Å². The van der Waals surface area contributed by atoms with Crippen molar-refractivity contribution in [2.75, 3.05) is 13.1 Å². The Morgan fingerprint density at radius 1 is 1.17 bits per heavy atom. The first-order valence-electron chi connectivity index (χ1n) is 6.95. The second-order valence-corrected chi connectivity index (χ2v) is 5.74. The van der Waals surface area contributed by atoms with Gasteiger partial charge in [-0.25, -0.2) is 0 Å². The van der Waals surface area contributed by atoms with Crippen molar-refractivity contribution in [3.05, 3.63) is 34.5 Å². The van der Waals surface area contributed by atoms with Crippen LogP contribution in [0.15, 0.2) is 12.1 Å². The van der Waals surface area contributed by atoms with Crippen molar-refractivity contribution in [2.24, 2.45) is 5.92 Å². The molecule has 1 atom stereocenters. The Balaban J connectivity index is 2.09. The molecular formula is C16H22N2. The quantitative estimate of drug-likeness (QED) is 0.831. The number of benzene rings is 1. The summed E-state index contributed by atoms with van der Waals surface area (Å²) in [4.78, 5) is 3.59. The molecule has 1 unspecified atom stereocenters. The minimum atomic E-state index is 0.808. The zero-order valence-corrected chi connectivity index (χ0v) is 11.6. The van der Waals surface area contributed by atoms with Gasteiger partial charge in [-0.2, -0.15) is 0 Å². The molecule has 1 saturated heterocycles. The molecule has 1 fully saturated rings. The fraction of sp³-hybridized carbons (Fsp3) is 0.500. The average molecular weight is 242 g/mol. The summed E-state index contributed by atoms with van der Waals surface area (Å²) in [5, 5.41) is 4.94. The number of nitrogens with one attached hydrogen (secondary N) is 2. The van der Waals surface area contributed by atoms with E-state index >= 15 is 0 Å². The molecule has 1 aliphatic rings. The summed E-state index contributed by atoms with van der Waals surface area (Å²) >= 11 is 0. The molecular weight excluding hydrogens is 220 g/mol. The van der Waals surface area contributed by atoms with Crippen LogP contribution in [0.2, 0.25) is 0 Å². The lowest BCUT2D eigenvalue weighted by atomic mass is 9.94. The summed E-state index contributed by atoms with van der Waals surface area (Å²) in [5.74, 6) is 0.808. The first kappa shape index (κ1) is 11.8. The van der Waals surface area contributed by atoms with Crippen molar-refractivity contribution in [3.63, 3.8) is 0 Å². The van der Waals surface area contributed by atoms with E-state index in [2.05, 4.69) is 43.2 Å². The summed E-state index contributed by atoms with van der Waals surface area (Å²) in [7, 11) is 0. The second-order valence-electron chi connectivity index (χ2n) is 5.74. The molecule has 1 aromatic heterocycles. The summed E-state index contributed by atoms with van der Waals surface area (Å²) in [6, 6.07) is 4.47. The number of aromatic nitrogens is 1. The molecule has 0 aliphatic carbocycles. The Hall–Kier alpha value is -1.28.